The van der Waals surface area contributed by atoms with Crippen LogP contribution in [0.25, 0.3) is 11.0 Å². The van der Waals surface area contributed by atoms with E-state index in [1.165, 1.54) is 12.1 Å². The van der Waals surface area contributed by atoms with E-state index >= 15 is 0 Å². The Kier molecular flexibility index (Phi) is 2.87. The third-order valence-corrected chi connectivity index (χ3v) is 2.88. The molecule has 0 aliphatic carbocycles. The van der Waals surface area contributed by atoms with Gasteiger partial charge in [-0.2, -0.15) is 13.2 Å². The Balaban J connectivity index is 2.63. The van der Waals surface area contributed by atoms with Gasteiger partial charge in [0.15, 0.2) is 0 Å². The molecule has 8 heteroatoms. The fourth-order valence-corrected chi connectivity index (χ4v) is 1.80. The molecule has 3 nitrogen and oxygen atoms in total. The van der Waals surface area contributed by atoms with Gasteiger partial charge in [0.1, 0.15) is 6.54 Å². The molecule has 0 radical (unpaired) electrons. The van der Waals surface area contributed by atoms with Gasteiger partial charge in [0.05, 0.1) is 21.1 Å². The molecule has 2 rings (SSSR count). The summed E-state index contributed by atoms with van der Waals surface area (Å²) >= 11 is 11.5. The molecule has 92 valence electrons. The van der Waals surface area contributed by atoms with Crippen molar-refractivity contribution in [2.45, 2.75) is 12.7 Å². The van der Waals surface area contributed by atoms with Gasteiger partial charge >= 0.3 is 6.18 Å². The minimum atomic E-state index is -4.38. The van der Waals surface area contributed by atoms with Crippen molar-refractivity contribution in [3.8, 4) is 0 Å². The fraction of sp³-hybridized carbons (Fsp3) is 0.222. The summed E-state index contributed by atoms with van der Waals surface area (Å²) in [7, 11) is 0. The van der Waals surface area contributed by atoms with E-state index in [0.29, 0.717) is 0 Å². The molecule has 2 N–H and O–H groups in total. The van der Waals surface area contributed by atoms with Crippen molar-refractivity contribution in [1.82, 2.24) is 9.55 Å². The third-order valence-electron chi connectivity index (χ3n) is 2.16. The fourth-order valence-electron chi connectivity index (χ4n) is 1.48. The van der Waals surface area contributed by atoms with Gasteiger partial charge in [-0.1, -0.05) is 23.2 Å². The van der Waals surface area contributed by atoms with Crippen molar-refractivity contribution in [2.75, 3.05) is 5.73 Å². The average molecular weight is 284 g/mol. The predicted octanol–water partition coefficient (Wildman–Crippen LogP) is 3.49. The Morgan fingerprint density at radius 1 is 1.24 bits per heavy atom. The first-order valence-electron chi connectivity index (χ1n) is 4.45. The minimum Gasteiger partial charge on any atom is -0.369 e. The minimum absolute atomic E-state index is 0.155. The number of alkyl halides is 3. The lowest BCUT2D eigenvalue weighted by molar-refractivity contribution is -0.139. The standard InChI is InChI=1S/C9H6Cl2F3N3/c10-4-1-6-7(2-5(4)11)17(8(15)16-6)3-9(12,13)14/h1-2H,3H2,(H2,15,16). The largest absolute Gasteiger partial charge is 0.406 e. The molecule has 0 fully saturated rings. The van der Waals surface area contributed by atoms with Gasteiger partial charge in [-0.15, -0.1) is 0 Å². The smallest absolute Gasteiger partial charge is 0.369 e. The van der Waals surface area contributed by atoms with Gasteiger partial charge in [-0.05, 0) is 12.1 Å². The van der Waals surface area contributed by atoms with E-state index < -0.39 is 12.7 Å². The molecule has 0 spiro atoms. The van der Waals surface area contributed by atoms with Crippen LogP contribution in [0.15, 0.2) is 12.1 Å². The van der Waals surface area contributed by atoms with Crippen molar-refractivity contribution < 1.29 is 13.2 Å². The first-order valence-corrected chi connectivity index (χ1v) is 5.21. The number of imidazole rings is 1. The van der Waals surface area contributed by atoms with Gasteiger partial charge in [0.25, 0.3) is 0 Å². The van der Waals surface area contributed by atoms with Crippen molar-refractivity contribution in [2.24, 2.45) is 0 Å². The molecule has 0 bridgehead atoms. The van der Waals surface area contributed by atoms with Crippen LogP contribution in [0.4, 0.5) is 19.1 Å². The highest BCUT2D eigenvalue weighted by atomic mass is 35.5. The molecule has 0 amide bonds. The zero-order valence-electron chi connectivity index (χ0n) is 8.22. The Hall–Kier alpha value is -1.14. The van der Waals surface area contributed by atoms with E-state index in [1.54, 1.807) is 0 Å². The average Bonchev–Trinajstić information content (AvgIpc) is 2.43. The molecule has 1 aromatic heterocycles. The van der Waals surface area contributed by atoms with E-state index in [-0.39, 0.29) is 27.0 Å². The van der Waals surface area contributed by atoms with Crippen LogP contribution in [0.5, 0.6) is 0 Å². The van der Waals surface area contributed by atoms with Gasteiger partial charge in [0.2, 0.25) is 5.95 Å². The normalized spacial score (nSPS) is 12.3. The Morgan fingerprint density at radius 2 is 1.82 bits per heavy atom. The topological polar surface area (TPSA) is 43.8 Å². The van der Waals surface area contributed by atoms with Crippen LogP contribution in [0.3, 0.4) is 0 Å². The Labute approximate surface area is 104 Å². The molecule has 17 heavy (non-hydrogen) atoms. The number of nitrogen functional groups attached to an aromatic ring is 1. The third kappa shape index (κ3) is 2.42. The number of nitrogens with zero attached hydrogens (tertiary/aromatic N) is 2. The summed E-state index contributed by atoms with van der Waals surface area (Å²) < 4.78 is 37.9. The first-order chi connectivity index (χ1) is 7.78. The van der Waals surface area contributed by atoms with Crippen molar-refractivity contribution in [1.29, 1.82) is 0 Å². The second-order valence-electron chi connectivity index (χ2n) is 3.43. The summed E-state index contributed by atoms with van der Waals surface area (Å²) in [6.07, 6.45) is -4.38. The van der Waals surface area contributed by atoms with E-state index in [4.69, 9.17) is 28.9 Å². The second-order valence-corrected chi connectivity index (χ2v) is 4.24. The Morgan fingerprint density at radius 3 is 2.41 bits per heavy atom. The Bertz CT molecular complexity index is 577. The molecular weight excluding hydrogens is 278 g/mol. The summed E-state index contributed by atoms with van der Waals surface area (Å²) in [5.74, 6) is -0.226. The van der Waals surface area contributed by atoms with Crippen LogP contribution in [0, 0.1) is 0 Å². The van der Waals surface area contributed by atoms with Gasteiger partial charge in [-0.3, -0.25) is 0 Å². The number of aromatic nitrogens is 2. The zero-order valence-corrected chi connectivity index (χ0v) is 9.74. The van der Waals surface area contributed by atoms with E-state index in [9.17, 15) is 13.2 Å². The number of rotatable bonds is 1. The zero-order chi connectivity index (χ0) is 12.8. The molecule has 0 unspecified atom stereocenters. The SMILES string of the molecule is Nc1nc2cc(Cl)c(Cl)cc2n1CC(F)(F)F. The molecule has 0 saturated heterocycles. The highest BCUT2D eigenvalue weighted by molar-refractivity contribution is 6.42. The maximum absolute atomic E-state index is 12.3. The van der Waals surface area contributed by atoms with E-state index in [0.717, 1.165) is 4.57 Å². The summed E-state index contributed by atoms with van der Waals surface area (Å²) in [6.45, 7) is -1.21. The van der Waals surface area contributed by atoms with Crippen LogP contribution >= 0.6 is 23.2 Å². The predicted molar refractivity (Wildman–Crippen MR) is 60.2 cm³/mol. The lowest BCUT2D eigenvalue weighted by atomic mass is 10.3. The van der Waals surface area contributed by atoms with E-state index in [1.807, 2.05) is 0 Å². The number of benzene rings is 1. The van der Waals surface area contributed by atoms with Crippen LogP contribution in [-0.2, 0) is 6.54 Å². The number of halogens is 5. The lowest BCUT2D eigenvalue weighted by Gasteiger charge is -2.09. The van der Waals surface area contributed by atoms with Gasteiger partial charge in [0, 0.05) is 0 Å². The number of fused-ring (bicyclic) bond motifs is 1. The summed E-state index contributed by atoms with van der Waals surface area (Å²) in [4.78, 5) is 3.80. The first kappa shape index (κ1) is 12.3. The molecule has 0 saturated carbocycles. The van der Waals surface area contributed by atoms with Gasteiger partial charge in [-0.25, -0.2) is 4.98 Å². The maximum Gasteiger partial charge on any atom is 0.406 e. The molecule has 0 atom stereocenters. The summed E-state index contributed by atoms with van der Waals surface area (Å²) in [6, 6.07) is 2.69. The second kappa shape index (κ2) is 3.96. The highest BCUT2D eigenvalue weighted by Crippen LogP contribution is 2.30. The highest BCUT2D eigenvalue weighted by Gasteiger charge is 2.30. The van der Waals surface area contributed by atoms with Crippen molar-refractivity contribution >= 4 is 40.2 Å². The van der Waals surface area contributed by atoms with Crippen LogP contribution in [0.2, 0.25) is 10.0 Å². The van der Waals surface area contributed by atoms with E-state index in [2.05, 4.69) is 4.98 Å². The summed E-state index contributed by atoms with van der Waals surface area (Å²) in [5, 5.41) is 0.373. The number of nitrogens with two attached hydrogens (primary N) is 1. The number of anilines is 1. The molecule has 0 aliphatic heterocycles. The number of hydrogen-bond acceptors (Lipinski definition) is 2. The summed E-state index contributed by atoms with van der Waals surface area (Å²) in [5.41, 5.74) is 5.91. The monoisotopic (exact) mass is 283 g/mol. The lowest BCUT2D eigenvalue weighted by Crippen LogP contribution is -2.19. The quantitative estimate of drug-likeness (QED) is 0.871. The molecule has 2 aromatic rings. The molecule has 1 heterocycles. The number of hydrogen-bond donors (Lipinski definition) is 1. The molecule has 1 aromatic carbocycles. The van der Waals surface area contributed by atoms with Crippen LogP contribution in [-0.4, -0.2) is 15.7 Å². The molecule has 0 aliphatic rings. The van der Waals surface area contributed by atoms with Gasteiger partial charge < -0.3 is 10.3 Å². The van der Waals surface area contributed by atoms with Crippen molar-refractivity contribution in [3.05, 3.63) is 22.2 Å². The maximum atomic E-state index is 12.3. The van der Waals surface area contributed by atoms with Crippen LogP contribution in [0.1, 0.15) is 0 Å². The van der Waals surface area contributed by atoms with Crippen molar-refractivity contribution in [3.63, 3.8) is 0 Å². The molecular formula is C9H6Cl2F3N3. The van der Waals surface area contributed by atoms with Crippen LogP contribution < -0.4 is 5.73 Å².